The van der Waals surface area contributed by atoms with Gasteiger partial charge in [-0.05, 0) is 57.7 Å². The van der Waals surface area contributed by atoms with Crippen LogP contribution >= 0.6 is 15.9 Å². The highest BCUT2D eigenvalue weighted by molar-refractivity contribution is 9.08. The topological polar surface area (TPSA) is 90.0 Å². The molecule has 0 saturated carbocycles. The van der Waals surface area contributed by atoms with Crippen LogP contribution in [0.25, 0.3) is 0 Å². The molecule has 30 heavy (non-hydrogen) atoms. The van der Waals surface area contributed by atoms with Crippen molar-refractivity contribution in [3.63, 3.8) is 0 Å². The first-order valence-electron chi connectivity index (χ1n) is 9.87. The first-order chi connectivity index (χ1) is 13.8. The summed E-state index contributed by atoms with van der Waals surface area (Å²) >= 11 is 3.33. The Balaban J connectivity index is 3.44. The lowest BCUT2D eigenvalue weighted by Gasteiger charge is -2.31. The Morgan fingerprint density at radius 3 is 2.13 bits per heavy atom. The summed E-state index contributed by atoms with van der Waals surface area (Å²) < 4.78 is 38.3. The second-order valence-electron chi connectivity index (χ2n) is 8.31. The van der Waals surface area contributed by atoms with Crippen LogP contribution in [0, 0.1) is 5.92 Å². The van der Waals surface area contributed by atoms with E-state index in [2.05, 4.69) is 15.9 Å². The Kier molecular flexibility index (Phi) is 9.97. The van der Waals surface area contributed by atoms with E-state index in [1.807, 2.05) is 13.8 Å². The molecule has 0 aliphatic rings. The number of hydrogen-bond acceptors (Lipinski definition) is 6. The molecule has 9 heteroatoms. The maximum absolute atomic E-state index is 13.5. The number of benzene rings is 1. The molecule has 170 valence electrons. The molecule has 0 spiro atoms. The van der Waals surface area contributed by atoms with Gasteiger partial charge in [0.25, 0.3) is 0 Å². The van der Waals surface area contributed by atoms with E-state index in [4.69, 9.17) is 9.47 Å². The van der Waals surface area contributed by atoms with Gasteiger partial charge in [-0.15, -0.1) is 0 Å². The van der Waals surface area contributed by atoms with Crippen LogP contribution in [0.3, 0.4) is 0 Å². The van der Waals surface area contributed by atoms with Crippen molar-refractivity contribution < 1.29 is 27.5 Å². The van der Waals surface area contributed by atoms with Gasteiger partial charge in [0.15, 0.2) is 0 Å². The Bertz CT molecular complexity index is 815. The molecule has 1 rings (SSSR count). The number of halogens is 1. The van der Waals surface area contributed by atoms with Gasteiger partial charge in [-0.25, -0.2) is 8.42 Å². The fourth-order valence-electron chi connectivity index (χ4n) is 2.77. The summed E-state index contributed by atoms with van der Waals surface area (Å²) in [6.07, 6.45) is 0.209. The SMILES string of the molecule is CCOC(=O)[C@H](CC(C)C)N(CC(=O)OC(C)(C)C)S(=O)(=O)c1ccc(CBr)cc1. The number of carbonyl (C=O) groups excluding carboxylic acids is 2. The standard InChI is InChI=1S/C21H32BrNO6S/c1-7-28-20(25)18(12-15(2)3)23(14-19(24)29-21(4,5)6)30(26,27)17-10-8-16(13-22)9-11-17/h8-11,15,18H,7,12-14H2,1-6H3/t18-/m0/s1. The maximum atomic E-state index is 13.5. The molecule has 0 N–H and O–H groups in total. The van der Waals surface area contributed by atoms with E-state index in [0.29, 0.717) is 5.33 Å². The van der Waals surface area contributed by atoms with Crippen molar-refractivity contribution in [2.75, 3.05) is 13.2 Å². The minimum Gasteiger partial charge on any atom is -0.465 e. The molecule has 1 aromatic carbocycles. The second-order valence-corrected chi connectivity index (χ2v) is 10.8. The van der Waals surface area contributed by atoms with Gasteiger partial charge in [0, 0.05) is 5.33 Å². The van der Waals surface area contributed by atoms with Crippen molar-refractivity contribution in [2.24, 2.45) is 5.92 Å². The van der Waals surface area contributed by atoms with E-state index in [-0.39, 0.29) is 23.8 Å². The fourth-order valence-corrected chi connectivity index (χ4v) is 4.67. The van der Waals surface area contributed by atoms with E-state index in [1.54, 1.807) is 39.8 Å². The molecule has 7 nitrogen and oxygen atoms in total. The Hall–Kier alpha value is -1.45. The number of esters is 2. The molecular formula is C21H32BrNO6S. The zero-order valence-electron chi connectivity index (χ0n) is 18.5. The molecule has 0 amide bonds. The number of ether oxygens (including phenoxy) is 2. The number of alkyl halides is 1. The van der Waals surface area contributed by atoms with Gasteiger partial charge in [-0.2, -0.15) is 4.31 Å². The number of rotatable bonds is 10. The van der Waals surface area contributed by atoms with Crippen molar-refractivity contribution >= 4 is 37.9 Å². The zero-order valence-corrected chi connectivity index (χ0v) is 20.9. The van der Waals surface area contributed by atoms with E-state index >= 15 is 0 Å². The van der Waals surface area contributed by atoms with E-state index in [9.17, 15) is 18.0 Å². The van der Waals surface area contributed by atoms with Crippen LogP contribution in [0.5, 0.6) is 0 Å². The second kappa shape index (κ2) is 11.2. The van der Waals surface area contributed by atoms with Crippen molar-refractivity contribution in [3.05, 3.63) is 29.8 Å². The molecule has 0 saturated heterocycles. The van der Waals surface area contributed by atoms with Gasteiger partial charge < -0.3 is 9.47 Å². The lowest BCUT2D eigenvalue weighted by Crippen LogP contribution is -2.49. The number of hydrogen-bond donors (Lipinski definition) is 0. The normalized spacial score (nSPS) is 13.4. The molecule has 0 radical (unpaired) electrons. The first kappa shape index (κ1) is 26.6. The number of nitrogens with zero attached hydrogens (tertiary/aromatic N) is 1. The summed E-state index contributed by atoms with van der Waals surface area (Å²) in [4.78, 5) is 25.2. The molecule has 0 aromatic heterocycles. The third-order valence-corrected chi connectivity index (χ3v) is 6.51. The molecular weight excluding hydrogens is 474 g/mol. The quantitative estimate of drug-likeness (QED) is 0.353. The molecule has 1 atom stereocenters. The highest BCUT2D eigenvalue weighted by atomic mass is 79.9. The number of carbonyl (C=O) groups is 2. The van der Waals surface area contributed by atoms with Crippen molar-refractivity contribution in [2.45, 2.75) is 69.8 Å². The van der Waals surface area contributed by atoms with Gasteiger partial charge in [-0.1, -0.05) is 41.9 Å². The van der Waals surface area contributed by atoms with Crippen molar-refractivity contribution in [3.8, 4) is 0 Å². The lowest BCUT2D eigenvalue weighted by molar-refractivity contribution is -0.157. The average Bonchev–Trinajstić information content (AvgIpc) is 2.63. The largest absolute Gasteiger partial charge is 0.465 e. The molecule has 0 heterocycles. The number of sulfonamides is 1. The maximum Gasteiger partial charge on any atom is 0.324 e. The van der Waals surface area contributed by atoms with Gasteiger partial charge in [0.1, 0.15) is 18.2 Å². The van der Waals surface area contributed by atoms with Crippen LogP contribution in [0.1, 0.15) is 53.5 Å². The minimum atomic E-state index is -4.17. The van der Waals surface area contributed by atoms with Crippen LogP contribution in [-0.2, 0) is 34.4 Å². The summed E-state index contributed by atoms with van der Waals surface area (Å²) in [6, 6.07) is 5.14. The fraction of sp³-hybridized carbons (Fsp3) is 0.619. The van der Waals surface area contributed by atoms with Crippen LogP contribution in [0.15, 0.2) is 29.2 Å². The summed E-state index contributed by atoms with van der Waals surface area (Å²) in [5.41, 5.74) is 0.110. The predicted octanol–water partition coefficient (Wildman–Crippen LogP) is 3.89. The Labute approximate surface area is 188 Å². The average molecular weight is 506 g/mol. The van der Waals surface area contributed by atoms with Crippen LogP contribution in [0.4, 0.5) is 0 Å². The van der Waals surface area contributed by atoms with Gasteiger partial charge >= 0.3 is 11.9 Å². The molecule has 0 unspecified atom stereocenters. The molecule has 0 bridgehead atoms. The minimum absolute atomic E-state index is 0.00573. The molecule has 0 aliphatic heterocycles. The lowest BCUT2D eigenvalue weighted by atomic mass is 10.0. The van der Waals surface area contributed by atoms with E-state index < -0.39 is 40.1 Å². The highest BCUT2D eigenvalue weighted by Gasteiger charge is 2.39. The van der Waals surface area contributed by atoms with Crippen LogP contribution in [-0.4, -0.2) is 49.5 Å². The first-order valence-corrected chi connectivity index (χ1v) is 12.4. The van der Waals surface area contributed by atoms with Crippen molar-refractivity contribution in [1.29, 1.82) is 0 Å². The third-order valence-electron chi connectivity index (χ3n) is 3.99. The van der Waals surface area contributed by atoms with E-state index in [0.717, 1.165) is 9.87 Å². The smallest absolute Gasteiger partial charge is 0.324 e. The van der Waals surface area contributed by atoms with Gasteiger partial charge in [0.2, 0.25) is 10.0 Å². The summed E-state index contributed by atoms with van der Waals surface area (Å²) in [5, 5.41) is 0.577. The van der Waals surface area contributed by atoms with Crippen molar-refractivity contribution in [1.82, 2.24) is 4.31 Å². The molecule has 1 aromatic rings. The van der Waals surface area contributed by atoms with Crippen LogP contribution in [0.2, 0.25) is 0 Å². The van der Waals surface area contributed by atoms with Gasteiger partial charge in [-0.3, -0.25) is 9.59 Å². The summed E-state index contributed by atoms with van der Waals surface area (Å²) in [6.45, 7) is 9.99. The zero-order chi connectivity index (χ0) is 23.1. The monoisotopic (exact) mass is 505 g/mol. The van der Waals surface area contributed by atoms with Gasteiger partial charge in [0.05, 0.1) is 11.5 Å². The molecule has 0 fully saturated rings. The summed E-state index contributed by atoms with van der Waals surface area (Å²) in [7, 11) is -4.17. The summed E-state index contributed by atoms with van der Waals surface area (Å²) in [5.74, 6) is -1.43. The Morgan fingerprint density at radius 1 is 1.13 bits per heavy atom. The predicted molar refractivity (Wildman–Crippen MR) is 119 cm³/mol. The Morgan fingerprint density at radius 2 is 1.70 bits per heavy atom. The highest BCUT2D eigenvalue weighted by Crippen LogP contribution is 2.24. The van der Waals surface area contributed by atoms with Crippen LogP contribution < -0.4 is 0 Å². The molecule has 0 aliphatic carbocycles. The van der Waals surface area contributed by atoms with E-state index in [1.165, 1.54) is 12.1 Å². The third kappa shape index (κ3) is 8.00.